The summed E-state index contributed by atoms with van der Waals surface area (Å²) in [7, 11) is 0. The first kappa shape index (κ1) is 12.8. The van der Waals surface area contributed by atoms with Crippen molar-refractivity contribution in [2.75, 3.05) is 5.88 Å². The molecule has 16 heavy (non-hydrogen) atoms. The number of alkyl halides is 1. The molecule has 0 bridgehead atoms. The van der Waals surface area contributed by atoms with E-state index in [1.807, 2.05) is 0 Å². The molecule has 4 nitrogen and oxygen atoms in total. The number of phenolic OH excluding ortho intramolecular Hbond substituents is 1. The van der Waals surface area contributed by atoms with Gasteiger partial charge < -0.3 is 15.3 Å². The number of phenols is 1. The maximum absolute atomic E-state index is 10.7. The topological polar surface area (TPSA) is 77.8 Å². The Balaban J connectivity index is 3.02. The number of carbonyl (C=O) groups is 1. The summed E-state index contributed by atoms with van der Waals surface area (Å²) in [6.45, 7) is 0. The van der Waals surface area contributed by atoms with Gasteiger partial charge in [-0.05, 0) is 36.1 Å². The minimum atomic E-state index is -1.61. The van der Waals surface area contributed by atoms with Crippen LogP contribution in [0.3, 0.4) is 0 Å². The van der Waals surface area contributed by atoms with Gasteiger partial charge in [-0.15, -0.1) is 11.6 Å². The third kappa shape index (κ3) is 3.12. The molecule has 0 saturated heterocycles. The first-order valence-electron chi connectivity index (χ1n) is 4.85. The Labute approximate surface area is 98.1 Å². The summed E-state index contributed by atoms with van der Waals surface area (Å²) >= 11 is 5.55. The van der Waals surface area contributed by atoms with Crippen LogP contribution < -0.4 is 0 Å². The van der Waals surface area contributed by atoms with E-state index in [2.05, 4.69) is 0 Å². The predicted octanol–water partition coefficient (Wildman–Crippen LogP) is 1.68. The minimum Gasteiger partial charge on any atom is -0.508 e. The highest BCUT2D eigenvalue weighted by atomic mass is 35.5. The highest BCUT2D eigenvalue weighted by Crippen LogP contribution is 2.24. The number of carboxylic acid groups (broad SMARTS) is 1. The maximum Gasteiger partial charge on any atom is 0.337 e. The van der Waals surface area contributed by atoms with Gasteiger partial charge in [0.05, 0.1) is 0 Å². The number of aromatic hydroxyl groups is 1. The molecule has 1 aromatic rings. The van der Waals surface area contributed by atoms with Crippen molar-refractivity contribution in [3.63, 3.8) is 0 Å². The summed E-state index contributed by atoms with van der Waals surface area (Å²) < 4.78 is 0. The molecule has 0 heterocycles. The highest BCUT2D eigenvalue weighted by molar-refractivity contribution is 6.17. The predicted molar refractivity (Wildman–Crippen MR) is 59.7 cm³/mol. The molecule has 1 rings (SSSR count). The van der Waals surface area contributed by atoms with Gasteiger partial charge in [-0.3, -0.25) is 0 Å². The van der Waals surface area contributed by atoms with Crippen LogP contribution in [0.1, 0.15) is 23.7 Å². The van der Waals surface area contributed by atoms with Gasteiger partial charge >= 0.3 is 5.97 Å². The molecule has 3 N–H and O–H groups in total. The van der Waals surface area contributed by atoms with Crippen LogP contribution in [0.4, 0.5) is 0 Å². The number of hydrogen-bond donors (Lipinski definition) is 3. The zero-order valence-electron chi connectivity index (χ0n) is 8.56. The van der Waals surface area contributed by atoms with Crippen LogP contribution in [-0.2, 0) is 11.2 Å². The normalized spacial score (nSPS) is 12.4. The number of aliphatic carboxylic acids is 1. The Kier molecular flexibility index (Phi) is 4.58. The Bertz CT molecular complexity index is 378. The van der Waals surface area contributed by atoms with E-state index in [1.54, 1.807) is 6.07 Å². The van der Waals surface area contributed by atoms with Gasteiger partial charge in [-0.25, -0.2) is 4.79 Å². The van der Waals surface area contributed by atoms with Gasteiger partial charge in [0.25, 0.3) is 0 Å². The molecule has 5 heteroatoms. The minimum absolute atomic E-state index is 0.0649. The Morgan fingerprint density at radius 1 is 1.44 bits per heavy atom. The Morgan fingerprint density at radius 3 is 2.69 bits per heavy atom. The largest absolute Gasteiger partial charge is 0.508 e. The lowest BCUT2D eigenvalue weighted by molar-refractivity contribution is -0.147. The zero-order valence-corrected chi connectivity index (χ0v) is 9.31. The Morgan fingerprint density at radius 2 is 2.12 bits per heavy atom. The van der Waals surface area contributed by atoms with Gasteiger partial charge in [0.15, 0.2) is 6.10 Å². The lowest BCUT2D eigenvalue weighted by Gasteiger charge is -2.12. The molecule has 0 aliphatic heterocycles. The zero-order chi connectivity index (χ0) is 12.1. The quantitative estimate of drug-likeness (QED) is 0.689. The molecule has 0 spiro atoms. The summed E-state index contributed by atoms with van der Waals surface area (Å²) in [5.41, 5.74) is 0.908. The van der Waals surface area contributed by atoms with E-state index in [1.165, 1.54) is 12.1 Å². The maximum atomic E-state index is 10.7. The molecule has 0 aliphatic rings. The van der Waals surface area contributed by atoms with Crippen LogP contribution in [0.5, 0.6) is 5.75 Å². The van der Waals surface area contributed by atoms with Gasteiger partial charge in [0.1, 0.15) is 5.75 Å². The monoisotopic (exact) mass is 244 g/mol. The molecular formula is C11H13ClO4. The molecule has 0 radical (unpaired) electrons. The van der Waals surface area contributed by atoms with Crippen molar-refractivity contribution >= 4 is 17.6 Å². The summed E-state index contributed by atoms with van der Waals surface area (Å²) in [6.07, 6.45) is -0.354. The van der Waals surface area contributed by atoms with E-state index in [-0.39, 0.29) is 11.3 Å². The van der Waals surface area contributed by atoms with E-state index in [0.717, 1.165) is 0 Å². The van der Waals surface area contributed by atoms with Gasteiger partial charge in [0, 0.05) is 5.88 Å². The molecule has 0 aromatic heterocycles. The van der Waals surface area contributed by atoms with Crippen molar-refractivity contribution < 1.29 is 20.1 Å². The molecule has 0 amide bonds. The number of benzene rings is 1. The lowest BCUT2D eigenvalue weighted by Crippen LogP contribution is -2.12. The molecule has 0 fully saturated rings. The molecule has 88 valence electrons. The number of rotatable bonds is 5. The standard InChI is InChI=1S/C11H13ClO4/c12-5-1-2-7-3-4-8(13)6-9(7)10(14)11(15)16/h3-4,6,10,13-14H,1-2,5H2,(H,15,16). The first-order valence-corrected chi connectivity index (χ1v) is 5.38. The van der Waals surface area contributed by atoms with E-state index < -0.39 is 12.1 Å². The number of aliphatic hydroxyl groups is 1. The fourth-order valence-electron chi connectivity index (χ4n) is 1.45. The van der Waals surface area contributed by atoms with Crippen LogP contribution in [0.15, 0.2) is 18.2 Å². The van der Waals surface area contributed by atoms with Crippen LogP contribution in [0.2, 0.25) is 0 Å². The van der Waals surface area contributed by atoms with E-state index in [0.29, 0.717) is 24.3 Å². The molecular weight excluding hydrogens is 232 g/mol. The molecule has 0 saturated carbocycles. The fraction of sp³-hybridized carbons (Fsp3) is 0.364. The number of aliphatic hydroxyl groups excluding tert-OH is 1. The second-order valence-corrected chi connectivity index (χ2v) is 3.79. The van der Waals surface area contributed by atoms with Gasteiger partial charge in [-0.1, -0.05) is 6.07 Å². The van der Waals surface area contributed by atoms with E-state index in [9.17, 15) is 15.0 Å². The van der Waals surface area contributed by atoms with Crippen LogP contribution in [0, 0.1) is 0 Å². The Hall–Kier alpha value is -1.26. The lowest BCUT2D eigenvalue weighted by atomic mass is 9.98. The van der Waals surface area contributed by atoms with E-state index >= 15 is 0 Å². The SMILES string of the molecule is O=C(O)C(O)c1cc(O)ccc1CCCCl. The number of aryl methyl sites for hydroxylation is 1. The highest BCUT2D eigenvalue weighted by Gasteiger charge is 2.19. The second kappa shape index (κ2) is 5.72. The van der Waals surface area contributed by atoms with Crippen molar-refractivity contribution in [1.82, 2.24) is 0 Å². The van der Waals surface area contributed by atoms with Crippen LogP contribution in [-0.4, -0.2) is 27.2 Å². The molecule has 0 aliphatic carbocycles. The van der Waals surface area contributed by atoms with Gasteiger partial charge in [0.2, 0.25) is 0 Å². The van der Waals surface area contributed by atoms with Gasteiger partial charge in [-0.2, -0.15) is 0 Å². The average Bonchev–Trinajstić information content (AvgIpc) is 2.26. The van der Waals surface area contributed by atoms with Crippen molar-refractivity contribution in [3.05, 3.63) is 29.3 Å². The molecule has 1 aromatic carbocycles. The van der Waals surface area contributed by atoms with Crippen LogP contribution in [0.25, 0.3) is 0 Å². The van der Waals surface area contributed by atoms with Crippen molar-refractivity contribution in [1.29, 1.82) is 0 Å². The fourth-order valence-corrected chi connectivity index (χ4v) is 1.59. The molecule has 1 atom stereocenters. The number of halogens is 1. The summed E-state index contributed by atoms with van der Waals surface area (Å²) in [5.74, 6) is -0.939. The summed E-state index contributed by atoms with van der Waals surface area (Å²) in [5, 5.41) is 27.4. The third-order valence-corrected chi connectivity index (χ3v) is 2.50. The van der Waals surface area contributed by atoms with Crippen molar-refractivity contribution in [2.24, 2.45) is 0 Å². The third-order valence-electron chi connectivity index (χ3n) is 2.24. The number of carboxylic acids is 1. The van der Waals surface area contributed by atoms with Crippen molar-refractivity contribution in [3.8, 4) is 5.75 Å². The first-order chi connectivity index (χ1) is 7.56. The summed E-state index contributed by atoms with van der Waals surface area (Å²) in [6, 6.07) is 4.33. The van der Waals surface area contributed by atoms with Crippen LogP contribution >= 0.6 is 11.6 Å². The number of hydrogen-bond acceptors (Lipinski definition) is 3. The van der Waals surface area contributed by atoms with E-state index in [4.69, 9.17) is 16.7 Å². The average molecular weight is 245 g/mol. The molecule has 1 unspecified atom stereocenters. The summed E-state index contributed by atoms with van der Waals surface area (Å²) in [4.78, 5) is 10.7. The smallest absolute Gasteiger partial charge is 0.337 e. The second-order valence-electron chi connectivity index (χ2n) is 3.42. The van der Waals surface area contributed by atoms with Crippen molar-refractivity contribution in [2.45, 2.75) is 18.9 Å².